The van der Waals surface area contributed by atoms with Gasteiger partial charge in [-0.05, 0) is 42.7 Å². The van der Waals surface area contributed by atoms with Crippen molar-refractivity contribution in [3.05, 3.63) is 64.5 Å². The summed E-state index contributed by atoms with van der Waals surface area (Å²) in [4.78, 5) is 16.1. The largest absolute Gasteiger partial charge is 0.310 e. The van der Waals surface area contributed by atoms with E-state index in [1.807, 2.05) is 53.4 Å². The number of halogens is 1. The van der Waals surface area contributed by atoms with Crippen LogP contribution in [0.1, 0.15) is 18.4 Å². The molecule has 1 fully saturated rings. The molecule has 2 aliphatic rings. The maximum Gasteiger partial charge on any atom is 0.236 e. The molecule has 0 N–H and O–H groups in total. The van der Waals surface area contributed by atoms with Crippen LogP contribution in [0.2, 0.25) is 5.02 Å². The maximum atomic E-state index is 13.2. The van der Waals surface area contributed by atoms with Gasteiger partial charge in [0.15, 0.2) is 0 Å². The topological polar surface area (TPSA) is 57.7 Å². The SMILES string of the molecule is O=C(C1CCN(S(=O)(=O)/C=C/c2ccccc2)CC1)N1CCSc2ccc(Cl)cc21. The molecule has 0 bridgehead atoms. The Hall–Kier alpha value is -1.80. The van der Waals surface area contributed by atoms with Gasteiger partial charge in [0.2, 0.25) is 15.9 Å². The molecule has 0 unspecified atom stereocenters. The second-order valence-corrected chi connectivity index (χ2v) is 10.8. The molecular formula is C22H23ClN2O3S2. The zero-order valence-electron chi connectivity index (χ0n) is 16.4. The molecule has 158 valence electrons. The third-order valence-corrected chi connectivity index (χ3v) is 8.29. The van der Waals surface area contributed by atoms with Gasteiger partial charge in [-0.3, -0.25) is 4.79 Å². The summed E-state index contributed by atoms with van der Waals surface area (Å²) >= 11 is 7.87. The van der Waals surface area contributed by atoms with Crippen molar-refractivity contribution < 1.29 is 13.2 Å². The lowest BCUT2D eigenvalue weighted by molar-refractivity contribution is -0.123. The van der Waals surface area contributed by atoms with E-state index in [1.165, 1.54) is 9.71 Å². The number of hydrogen-bond donors (Lipinski definition) is 0. The Balaban J connectivity index is 1.41. The standard InChI is InChI=1S/C22H23ClN2O3S2/c23-19-6-7-21-20(16-19)25(13-14-29-21)22(26)18-8-11-24(12-9-18)30(27,28)15-10-17-4-2-1-3-5-17/h1-7,10,15-16,18H,8-9,11-14H2/b15-10+. The first-order chi connectivity index (χ1) is 14.4. The van der Waals surface area contributed by atoms with Gasteiger partial charge in [-0.15, -0.1) is 11.8 Å². The highest BCUT2D eigenvalue weighted by molar-refractivity contribution is 7.99. The van der Waals surface area contributed by atoms with Crippen molar-refractivity contribution in [3.8, 4) is 0 Å². The van der Waals surface area contributed by atoms with E-state index < -0.39 is 10.0 Å². The summed E-state index contributed by atoms with van der Waals surface area (Å²) in [5.74, 6) is 0.734. The zero-order valence-corrected chi connectivity index (χ0v) is 18.8. The van der Waals surface area contributed by atoms with Gasteiger partial charge in [0.05, 0.1) is 5.69 Å². The summed E-state index contributed by atoms with van der Waals surface area (Å²) in [6, 6.07) is 15.0. The molecule has 8 heteroatoms. The predicted molar refractivity (Wildman–Crippen MR) is 123 cm³/mol. The normalized spacial score (nSPS) is 18.5. The molecule has 2 aromatic carbocycles. The molecule has 2 aliphatic heterocycles. The van der Waals surface area contributed by atoms with Crippen LogP contribution in [0.15, 0.2) is 58.8 Å². The Morgan fingerprint density at radius 1 is 1.07 bits per heavy atom. The highest BCUT2D eigenvalue weighted by atomic mass is 35.5. The molecule has 2 aromatic rings. The van der Waals surface area contributed by atoms with Gasteiger partial charge >= 0.3 is 0 Å². The molecule has 0 atom stereocenters. The Morgan fingerprint density at radius 3 is 2.53 bits per heavy atom. The maximum absolute atomic E-state index is 13.2. The molecule has 0 aromatic heterocycles. The number of anilines is 1. The van der Waals surface area contributed by atoms with Crippen LogP contribution in [0.5, 0.6) is 0 Å². The van der Waals surface area contributed by atoms with E-state index in [-0.39, 0.29) is 11.8 Å². The second-order valence-electron chi connectivity index (χ2n) is 7.38. The van der Waals surface area contributed by atoms with Gasteiger partial charge in [0.1, 0.15) is 0 Å². The smallest absolute Gasteiger partial charge is 0.236 e. The number of benzene rings is 2. The first-order valence-corrected chi connectivity index (χ1v) is 12.8. The highest BCUT2D eigenvalue weighted by Gasteiger charge is 2.34. The molecule has 0 aliphatic carbocycles. The molecule has 0 spiro atoms. The molecule has 0 radical (unpaired) electrons. The summed E-state index contributed by atoms with van der Waals surface area (Å²) < 4.78 is 26.8. The van der Waals surface area contributed by atoms with E-state index in [2.05, 4.69) is 0 Å². The van der Waals surface area contributed by atoms with Gasteiger partial charge < -0.3 is 4.90 Å². The number of carbonyl (C=O) groups excluding carboxylic acids is 1. The van der Waals surface area contributed by atoms with Crippen LogP contribution < -0.4 is 4.90 Å². The van der Waals surface area contributed by atoms with E-state index in [0.29, 0.717) is 37.5 Å². The van der Waals surface area contributed by atoms with Crippen LogP contribution in [0.4, 0.5) is 5.69 Å². The van der Waals surface area contributed by atoms with Gasteiger partial charge in [-0.1, -0.05) is 41.9 Å². The number of carbonyl (C=O) groups is 1. The Morgan fingerprint density at radius 2 is 1.80 bits per heavy atom. The van der Waals surface area contributed by atoms with Crippen LogP contribution in [0.3, 0.4) is 0 Å². The Labute approximate surface area is 186 Å². The first kappa shape index (κ1) is 21.4. The van der Waals surface area contributed by atoms with E-state index in [0.717, 1.165) is 21.9 Å². The van der Waals surface area contributed by atoms with Gasteiger partial charge in [-0.2, -0.15) is 4.31 Å². The van der Waals surface area contributed by atoms with E-state index in [9.17, 15) is 13.2 Å². The van der Waals surface area contributed by atoms with Crippen molar-refractivity contribution >= 4 is 51.1 Å². The van der Waals surface area contributed by atoms with E-state index >= 15 is 0 Å². The summed E-state index contributed by atoms with van der Waals surface area (Å²) in [5.41, 5.74) is 1.70. The molecule has 4 rings (SSSR count). The number of piperidine rings is 1. The van der Waals surface area contributed by atoms with Crippen LogP contribution in [-0.4, -0.2) is 44.0 Å². The van der Waals surface area contributed by atoms with E-state index in [1.54, 1.807) is 17.8 Å². The average Bonchev–Trinajstić information content (AvgIpc) is 2.77. The fourth-order valence-electron chi connectivity index (χ4n) is 3.81. The number of rotatable bonds is 4. The summed E-state index contributed by atoms with van der Waals surface area (Å²) in [6.45, 7) is 1.35. The highest BCUT2D eigenvalue weighted by Crippen LogP contribution is 2.38. The minimum Gasteiger partial charge on any atom is -0.310 e. The van der Waals surface area contributed by atoms with Crippen molar-refractivity contribution in [1.82, 2.24) is 4.31 Å². The minimum absolute atomic E-state index is 0.0655. The van der Waals surface area contributed by atoms with Crippen molar-refractivity contribution in [2.75, 3.05) is 30.3 Å². The number of nitrogens with zero attached hydrogens (tertiary/aromatic N) is 2. The molecule has 0 saturated carbocycles. The lowest BCUT2D eigenvalue weighted by Crippen LogP contribution is -2.45. The fraction of sp³-hybridized carbons (Fsp3) is 0.318. The molecule has 2 heterocycles. The van der Waals surface area contributed by atoms with Crippen molar-refractivity contribution in [2.45, 2.75) is 17.7 Å². The Kier molecular flexibility index (Phi) is 6.53. The van der Waals surface area contributed by atoms with Crippen LogP contribution in [0.25, 0.3) is 6.08 Å². The molecule has 1 amide bonds. The monoisotopic (exact) mass is 462 g/mol. The number of hydrogen-bond acceptors (Lipinski definition) is 4. The lowest BCUT2D eigenvalue weighted by atomic mass is 9.96. The number of sulfonamides is 1. The zero-order chi connectivity index (χ0) is 21.1. The van der Waals surface area contributed by atoms with E-state index in [4.69, 9.17) is 11.6 Å². The molecule has 30 heavy (non-hydrogen) atoms. The fourth-order valence-corrected chi connectivity index (χ4v) is 6.17. The van der Waals surface area contributed by atoms with Crippen LogP contribution >= 0.6 is 23.4 Å². The quantitative estimate of drug-likeness (QED) is 0.671. The van der Waals surface area contributed by atoms with Gasteiger partial charge in [0.25, 0.3) is 0 Å². The first-order valence-electron chi connectivity index (χ1n) is 9.91. The van der Waals surface area contributed by atoms with Crippen molar-refractivity contribution in [3.63, 3.8) is 0 Å². The lowest BCUT2D eigenvalue weighted by Gasteiger charge is -2.35. The number of fused-ring (bicyclic) bond motifs is 1. The third-order valence-electron chi connectivity index (χ3n) is 5.45. The predicted octanol–water partition coefficient (Wildman–Crippen LogP) is 4.49. The molecule has 1 saturated heterocycles. The summed E-state index contributed by atoms with van der Waals surface area (Å²) in [5, 5.41) is 1.87. The summed E-state index contributed by atoms with van der Waals surface area (Å²) in [6.07, 6.45) is 2.66. The number of amides is 1. The third kappa shape index (κ3) is 4.75. The molecular weight excluding hydrogens is 440 g/mol. The average molecular weight is 463 g/mol. The van der Waals surface area contributed by atoms with Gasteiger partial charge in [0, 0.05) is 46.6 Å². The number of thioether (sulfide) groups is 1. The van der Waals surface area contributed by atoms with Crippen LogP contribution in [0, 0.1) is 5.92 Å². The Bertz CT molecular complexity index is 1050. The van der Waals surface area contributed by atoms with Crippen molar-refractivity contribution in [1.29, 1.82) is 0 Å². The van der Waals surface area contributed by atoms with Crippen molar-refractivity contribution in [2.24, 2.45) is 5.92 Å². The minimum atomic E-state index is -3.50. The summed E-state index contributed by atoms with van der Waals surface area (Å²) in [7, 11) is -3.50. The molecule has 5 nitrogen and oxygen atoms in total. The van der Waals surface area contributed by atoms with Gasteiger partial charge in [-0.25, -0.2) is 8.42 Å². The van der Waals surface area contributed by atoms with Crippen LogP contribution in [-0.2, 0) is 14.8 Å². The second kappa shape index (κ2) is 9.14.